The van der Waals surface area contributed by atoms with Crippen LogP contribution in [0, 0.1) is 18.3 Å². The molecule has 5 nitrogen and oxygen atoms in total. The van der Waals surface area contributed by atoms with Gasteiger partial charge in [0.2, 0.25) is 0 Å². The van der Waals surface area contributed by atoms with Crippen molar-refractivity contribution in [3.63, 3.8) is 0 Å². The first-order valence-electron chi connectivity index (χ1n) is 5.41. The van der Waals surface area contributed by atoms with Crippen LogP contribution in [0.2, 0.25) is 0 Å². The Bertz CT molecular complexity index is 448. The molecule has 0 saturated carbocycles. The summed E-state index contributed by atoms with van der Waals surface area (Å²) in [5, 5.41) is 20.4. The molecule has 1 unspecified atom stereocenters. The van der Waals surface area contributed by atoms with Crippen molar-refractivity contribution in [1.29, 1.82) is 5.26 Å². The van der Waals surface area contributed by atoms with E-state index >= 15 is 0 Å². The highest BCUT2D eigenvalue weighted by molar-refractivity contribution is 5.92. The number of carbonyl (C=O) groups is 1. The molecule has 1 rings (SSSR count). The molecular formula is C12H15N3O2. The number of hydrogen-bond donors (Lipinski definition) is 2. The molecule has 0 spiro atoms. The van der Waals surface area contributed by atoms with E-state index in [1.54, 1.807) is 13.0 Å². The van der Waals surface area contributed by atoms with Gasteiger partial charge in [-0.1, -0.05) is 6.92 Å². The van der Waals surface area contributed by atoms with E-state index in [2.05, 4.69) is 10.3 Å². The molecule has 0 bridgehead atoms. The maximum Gasteiger partial charge on any atom is 0.270 e. The number of hydrogen-bond acceptors (Lipinski definition) is 4. The average molecular weight is 233 g/mol. The molecule has 1 heterocycles. The second-order valence-electron chi connectivity index (χ2n) is 3.70. The summed E-state index contributed by atoms with van der Waals surface area (Å²) in [7, 11) is 0. The van der Waals surface area contributed by atoms with E-state index in [0.717, 1.165) is 0 Å². The van der Waals surface area contributed by atoms with Crippen molar-refractivity contribution >= 4 is 5.91 Å². The normalized spacial score (nSPS) is 11.6. The van der Waals surface area contributed by atoms with Gasteiger partial charge in [0.25, 0.3) is 5.91 Å². The summed E-state index contributed by atoms with van der Waals surface area (Å²) < 4.78 is 0. The summed E-state index contributed by atoms with van der Waals surface area (Å²) in [6.07, 6.45) is 0.650. The van der Waals surface area contributed by atoms with Gasteiger partial charge in [-0.05, 0) is 25.5 Å². The molecule has 17 heavy (non-hydrogen) atoms. The molecule has 90 valence electrons. The third-order valence-corrected chi connectivity index (χ3v) is 2.49. The molecule has 0 aliphatic carbocycles. The van der Waals surface area contributed by atoms with Gasteiger partial charge < -0.3 is 10.4 Å². The number of rotatable bonds is 4. The van der Waals surface area contributed by atoms with Gasteiger partial charge in [-0.2, -0.15) is 5.26 Å². The minimum atomic E-state index is -0.335. The van der Waals surface area contributed by atoms with Crippen molar-refractivity contribution in [2.75, 3.05) is 6.61 Å². The first-order chi connectivity index (χ1) is 8.12. The van der Waals surface area contributed by atoms with Crippen LogP contribution in [0.25, 0.3) is 0 Å². The number of carbonyl (C=O) groups excluding carboxylic acids is 1. The van der Waals surface area contributed by atoms with Gasteiger partial charge in [-0.25, -0.2) is 4.98 Å². The maximum atomic E-state index is 11.8. The summed E-state index contributed by atoms with van der Waals surface area (Å²) in [6.45, 7) is 3.45. The highest BCUT2D eigenvalue weighted by atomic mass is 16.3. The molecule has 0 fully saturated rings. The summed E-state index contributed by atoms with van der Waals surface area (Å²) in [5.74, 6) is -0.335. The van der Waals surface area contributed by atoms with Gasteiger partial charge in [0.1, 0.15) is 11.8 Å². The summed E-state index contributed by atoms with van der Waals surface area (Å²) >= 11 is 0. The number of nitrogens with one attached hydrogen (secondary N) is 1. The predicted octanol–water partition coefficient (Wildman–Crippen LogP) is 0.762. The zero-order chi connectivity index (χ0) is 12.8. The minimum absolute atomic E-state index is 0.0997. The van der Waals surface area contributed by atoms with Gasteiger partial charge in [0.05, 0.1) is 23.9 Å². The highest BCUT2D eigenvalue weighted by Crippen LogP contribution is 2.05. The molecule has 0 saturated heterocycles. The van der Waals surface area contributed by atoms with Crippen LogP contribution in [0.4, 0.5) is 0 Å². The van der Waals surface area contributed by atoms with Crippen LogP contribution in [0.1, 0.15) is 35.1 Å². The SMILES string of the molecule is CCC(CO)NC(=O)c1ccc(C#N)c(C)n1. The number of aromatic nitrogens is 1. The van der Waals surface area contributed by atoms with E-state index in [1.807, 2.05) is 13.0 Å². The van der Waals surface area contributed by atoms with E-state index in [0.29, 0.717) is 17.7 Å². The first kappa shape index (κ1) is 13.1. The fraction of sp³-hybridized carbons (Fsp3) is 0.417. The molecule has 1 amide bonds. The van der Waals surface area contributed by atoms with Crippen molar-refractivity contribution in [1.82, 2.24) is 10.3 Å². The second-order valence-corrected chi connectivity index (χ2v) is 3.70. The molecule has 1 aromatic heterocycles. The Morgan fingerprint density at radius 1 is 1.65 bits per heavy atom. The van der Waals surface area contributed by atoms with E-state index in [9.17, 15) is 4.79 Å². The Morgan fingerprint density at radius 3 is 2.82 bits per heavy atom. The van der Waals surface area contributed by atoms with Gasteiger partial charge in [-0.3, -0.25) is 4.79 Å². The Hall–Kier alpha value is -1.93. The Balaban J connectivity index is 2.84. The smallest absolute Gasteiger partial charge is 0.270 e. The standard InChI is InChI=1S/C12H15N3O2/c1-3-10(7-16)15-12(17)11-5-4-9(6-13)8(2)14-11/h4-5,10,16H,3,7H2,1-2H3,(H,15,17). The first-order valence-corrected chi connectivity index (χ1v) is 5.41. The summed E-state index contributed by atoms with van der Waals surface area (Å²) in [4.78, 5) is 15.8. The Morgan fingerprint density at radius 2 is 2.35 bits per heavy atom. The van der Waals surface area contributed by atoms with Gasteiger partial charge in [-0.15, -0.1) is 0 Å². The van der Waals surface area contributed by atoms with Crippen LogP contribution in [0.3, 0.4) is 0 Å². The lowest BCUT2D eigenvalue weighted by atomic mass is 10.2. The van der Waals surface area contributed by atoms with Crippen molar-refractivity contribution < 1.29 is 9.90 Å². The van der Waals surface area contributed by atoms with Crippen LogP contribution in [0.15, 0.2) is 12.1 Å². The lowest BCUT2D eigenvalue weighted by Gasteiger charge is -2.13. The Kier molecular flexibility index (Phi) is 4.61. The molecule has 0 radical (unpaired) electrons. The largest absolute Gasteiger partial charge is 0.394 e. The molecule has 2 N–H and O–H groups in total. The summed E-state index contributed by atoms with van der Waals surface area (Å²) in [5.41, 5.74) is 1.24. The predicted molar refractivity (Wildman–Crippen MR) is 62.3 cm³/mol. The molecule has 0 aromatic carbocycles. The third kappa shape index (κ3) is 3.26. The van der Waals surface area contributed by atoms with Gasteiger partial charge in [0.15, 0.2) is 0 Å². The van der Waals surface area contributed by atoms with Crippen molar-refractivity contribution in [2.24, 2.45) is 0 Å². The van der Waals surface area contributed by atoms with Crippen molar-refractivity contribution in [2.45, 2.75) is 26.3 Å². The lowest BCUT2D eigenvalue weighted by molar-refractivity contribution is 0.0909. The van der Waals surface area contributed by atoms with E-state index in [4.69, 9.17) is 10.4 Å². The molecule has 1 atom stereocenters. The number of amides is 1. The van der Waals surface area contributed by atoms with E-state index in [1.165, 1.54) is 6.07 Å². The number of aliphatic hydroxyl groups is 1. The average Bonchev–Trinajstić information content (AvgIpc) is 2.35. The lowest BCUT2D eigenvalue weighted by Crippen LogP contribution is -2.37. The molecule has 1 aromatic rings. The zero-order valence-electron chi connectivity index (χ0n) is 9.90. The number of aliphatic hydroxyl groups excluding tert-OH is 1. The monoisotopic (exact) mass is 233 g/mol. The topological polar surface area (TPSA) is 86.0 Å². The van der Waals surface area contributed by atoms with Crippen LogP contribution in [-0.4, -0.2) is 28.6 Å². The second kappa shape index (κ2) is 5.97. The maximum absolute atomic E-state index is 11.8. The third-order valence-electron chi connectivity index (χ3n) is 2.49. The quantitative estimate of drug-likeness (QED) is 0.804. The number of nitriles is 1. The van der Waals surface area contributed by atoms with Crippen LogP contribution in [0.5, 0.6) is 0 Å². The molecular weight excluding hydrogens is 218 g/mol. The molecule has 5 heteroatoms. The van der Waals surface area contributed by atoms with Gasteiger partial charge in [0, 0.05) is 0 Å². The fourth-order valence-corrected chi connectivity index (χ4v) is 1.34. The van der Waals surface area contributed by atoms with Crippen molar-refractivity contribution in [3.8, 4) is 6.07 Å². The highest BCUT2D eigenvalue weighted by Gasteiger charge is 2.13. The van der Waals surface area contributed by atoms with Crippen molar-refractivity contribution in [3.05, 3.63) is 29.1 Å². The zero-order valence-corrected chi connectivity index (χ0v) is 9.90. The van der Waals surface area contributed by atoms with E-state index < -0.39 is 0 Å². The van der Waals surface area contributed by atoms with Crippen LogP contribution < -0.4 is 5.32 Å². The number of nitrogens with zero attached hydrogens (tertiary/aromatic N) is 2. The Labute approximate surface area is 100 Å². The molecule has 0 aliphatic rings. The number of aryl methyl sites for hydroxylation is 1. The fourth-order valence-electron chi connectivity index (χ4n) is 1.34. The minimum Gasteiger partial charge on any atom is -0.394 e. The molecule has 0 aliphatic heterocycles. The summed E-state index contributed by atoms with van der Waals surface area (Å²) in [6, 6.07) is 4.80. The van der Waals surface area contributed by atoms with Crippen LogP contribution >= 0.6 is 0 Å². The van der Waals surface area contributed by atoms with E-state index in [-0.39, 0.29) is 24.2 Å². The van der Waals surface area contributed by atoms with Gasteiger partial charge >= 0.3 is 0 Å². The number of pyridine rings is 1. The van der Waals surface area contributed by atoms with Crippen LogP contribution in [-0.2, 0) is 0 Å².